The molecule has 0 saturated heterocycles. The Morgan fingerprint density at radius 1 is 1.50 bits per heavy atom. The van der Waals surface area contributed by atoms with Gasteiger partial charge in [-0.2, -0.15) is 0 Å². The molecule has 2 heteroatoms. The van der Waals surface area contributed by atoms with Crippen LogP contribution in [0.3, 0.4) is 0 Å². The van der Waals surface area contributed by atoms with E-state index < -0.39 is 0 Å². The van der Waals surface area contributed by atoms with Crippen LogP contribution in [0.2, 0.25) is 0 Å². The fourth-order valence-electron chi connectivity index (χ4n) is 1.31. The molecule has 1 aliphatic carbocycles. The molecular formula is C8H11BrO. The third kappa shape index (κ3) is 1.48. The van der Waals surface area contributed by atoms with Gasteiger partial charge in [-0.15, -0.1) is 0 Å². The fourth-order valence-corrected chi connectivity index (χ4v) is 2.31. The Bertz CT molecular complexity index is 191. The predicted octanol–water partition coefficient (Wildman–Crippen LogP) is 2.65. The number of carbonyl (C=O) groups excluding carboxylic acids is 1. The minimum atomic E-state index is 0.287. The third-order valence-corrected chi connectivity index (χ3v) is 2.58. The first-order valence-corrected chi connectivity index (χ1v) is 4.17. The first-order chi connectivity index (χ1) is 4.55. The maximum atomic E-state index is 10.4. The minimum absolute atomic E-state index is 0.287. The Balaban J connectivity index is 2.77. The van der Waals surface area contributed by atoms with Crippen LogP contribution in [0, 0.1) is 5.41 Å². The van der Waals surface area contributed by atoms with E-state index in [1.165, 1.54) is 0 Å². The van der Waals surface area contributed by atoms with Crippen molar-refractivity contribution >= 4 is 22.2 Å². The molecule has 1 rings (SSSR count). The zero-order chi connectivity index (χ0) is 7.78. The Kier molecular flexibility index (Phi) is 1.99. The molecule has 0 aromatic heterocycles. The van der Waals surface area contributed by atoms with Gasteiger partial charge in [-0.25, -0.2) is 0 Å². The van der Waals surface area contributed by atoms with Gasteiger partial charge in [-0.3, -0.25) is 4.79 Å². The van der Waals surface area contributed by atoms with Gasteiger partial charge in [0.15, 0.2) is 0 Å². The van der Waals surface area contributed by atoms with Crippen LogP contribution in [0.4, 0.5) is 0 Å². The lowest BCUT2D eigenvalue weighted by molar-refractivity contribution is -0.105. The number of halogens is 1. The molecule has 0 N–H and O–H groups in total. The van der Waals surface area contributed by atoms with Crippen LogP contribution in [0.1, 0.15) is 26.7 Å². The summed E-state index contributed by atoms with van der Waals surface area (Å²) in [7, 11) is 0. The van der Waals surface area contributed by atoms with E-state index in [1.807, 2.05) is 0 Å². The van der Waals surface area contributed by atoms with Gasteiger partial charge in [-0.1, -0.05) is 29.8 Å². The molecule has 0 atom stereocenters. The molecule has 0 radical (unpaired) electrons. The molecule has 10 heavy (non-hydrogen) atoms. The molecule has 56 valence electrons. The summed E-state index contributed by atoms with van der Waals surface area (Å²) in [5.74, 6) is 0. The lowest BCUT2D eigenvalue weighted by Crippen LogP contribution is -2.04. The van der Waals surface area contributed by atoms with Gasteiger partial charge in [0.25, 0.3) is 0 Å². The van der Waals surface area contributed by atoms with Crippen LogP contribution in [0.5, 0.6) is 0 Å². The smallest absolute Gasteiger partial charge is 0.146 e. The number of aldehydes is 1. The SMILES string of the molecule is CC1(C)CC(Br)=C(C=O)C1. The summed E-state index contributed by atoms with van der Waals surface area (Å²) in [6.45, 7) is 4.34. The molecule has 0 unspecified atom stereocenters. The van der Waals surface area contributed by atoms with Crippen LogP contribution in [0.15, 0.2) is 10.1 Å². The standard InChI is InChI=1S/C8H11BrO/c1-8(2)3-6(5-10)7(9)4-8/h5H,3-4H2,1-2H3. The van der Waals surface area contributed by atoms with Gasteiger partial charge in [0, 0.05) is 10.1 Å². The highest BCUT2D eigenvalue weighted by atomic mass is 79.9. The minimum Gasteiger partial charge on any atom is -0.298 e. The van der Waals surface area contributed by atoms with E-state index in [-0.39, 0.29) is 5.41 Å². The van der Waals surface area contributed by atoms with Crippen LogP contribution < -0.4 is 0 Å². The zero-order valence-electron chi connectivity index (χ0n) is 6.28. The number of hydrogen-bond acceptors (Lipinski definition) is 1. The van der Waals surface area contributed by atoms with Crippen molar-refractivity contribution in [3.05, 3.63) is 10.1 Å². The predicted molar refractivity (Wildman–Crippen MR) is 45.0 cm³/mol. The second-order valence-corrected chi connectivity index (χ2v) is 4.52. The number of hydrogen-bond donors (Lipinski definition) is 0. The Labute approximate surface area is 69.6 Å². The topological polar surface area (TPSA) is 17.1 Å². The second kappa shape index (κ2) is 2.50. The zero-order valence-corrected chi connectivity index (χ0v) is 7.86. The van der Waals surface area contributed by atoms with E-state index in [1.54, 1.807) is 0 Å². The van der Waals surface area contributed by atoms with Crippen LogP contribution >= 0.6 is 15.9 Å². The average Bonchev–Trinajstić information content (AvgIpc) is 2.05. The van der Waals surface area contributed by atoms with Crippen molar-refractivity contribution in [1.29, 1.82) is 0 Å². The average molecular weight is 203 g/mol. The first kappa shape index (κ1) is 7.99. The number of allylic oxidation sites excluding steroid dienone is 2. The Hall–Kier alpha value is -0.110. The maximum Gasteiger partial charge on any atom is 0.146 e. The molecule has 0 aliphatic heterocycles. The van der Waals surface area contributed by atoms with Crippen LogP contribution in [0.25, 0.3) is 0 Å². The van der Waals surface area contributed by atoms with Gasteiger partial charge < -0.3 is 0 Å². The molecule has 1 aliphatic rings. The summed E-state index contributed by atoms with van der Waals surface area (Å²) in [6, 6.07) is 0. The molecule has 0 spiro atoms. The summed E-state index contributed by atoms with van der Waals surface area (Å²) in [6.07, 6.45) is 2.87. The maximum absolute atomic E-state index is 10.4. The van der Waals surface area contributed by atoms with Crippen molar-refractivity contribution < 1.29 is 4.79 Å². The molecule has 0 aromatic rings. The van der Waals surface area contributed by atoms with Crippen molar-refractivity contribution in [2.45, 2.75) is 26.7 Å². The summed E-state index contributed by atoms with van der Waals surface area (Å²) in [5, 5.41) is 0. The molecule has 1 nitrogen and oxygen atoms in total. The van der Waals surface area contributed by atoms with Crippen LogP contribution in [-0.4, -0.2) is 6.29 Å². The van der Waals surface area contributed by atoms with Gasteiger partial charge >= 0.3 is 0 Å². The molecule has 0 fully saturated rings. The lowest BCUT2D eigenvalue weighted by Gasteiger charge is -2.15. The second-order valence-electron chi connectivity index (χ2n) is 3.57. The Morgan fingerprint density at radius 3 is 2.30 bits per heavy atom. The van der Waals surface area contributed by atoms with E-state index in [9.17, 15) is 4.79 Å². The summed E-state index contributed by atoms with van der Waals surface area (Å²) in [5.41, 5.74) is 1.22. The van der Waals surface area contributed by atoms with Gasteiger partial charge in [-0.05, 0) is 18.3 Å². The van der Waals surface area contributed by atoms with Gasteiger partial charge in [0.2, 0.25) is 0 Å². The molecular weight excluding hydrogens is 192 g/mol. The Morgan fingerprint density at radius 2 is 2.10 bits per heavy atom. The van der Waals surface area contributed by atoms with Gasteiger partial charge in [0.05, 0.1) is 0 Å². The van der Waals surface area contributed by atoms with E-state index in [0.717, 1.165) is 29.2 Å². The van der Waals surface area contributed by atoms with Gasteiger partial charge in [0.1, 0.15) is 6.29 Å². The molecule has 0 amide bonds. The van der Waals surface area contributed by atoms with E-state index in [2.05, 4.69) is 29.8 Å². The third-order valence-electron chi connectivity index (χ3n) is 1.79. The molecule has 0 heterocycles. The summed E-state index contributed by atoms with van der Waals surface area (Å²) < 4.78 is 1.09. The number of carbonyl (C=O) groups is 1. The van der Waals surface area contributed by atoms with Crippen molar-refractivity contribution in [3.63, 3.8) is 0 Å². The van der Waals surface area contributed by atoms with Crippen molar-refractivity contribution in [3.8, 4) is 0 Å². The summed E-state index contributed by atoms with van der Waals surface area (Å²) in [4.78, 5) is 10.4. The highest BCUT2D eigenvalue weighted by molar-refractivity contribution is 9.11. The van der Waals surface area contributed by atoms with Crippen LogP contribution in [-0.2, 0) is 4.79 Å². The van der Waals surface area contributed by atoms with E-state index >= 15 is 0 Å². The highest BCUT2D eigenvalue weighted by Gasteiger charge is 2.28. The fraction of sp³-hybridized carbons (Fsp3) is 0.625. The molecule has 0 saturated carbocycles. The molecule has 0 bridgehead atoms. The first-order valence-electron chi connectivity index (χ1n) is 3.38. The monoisotopic (exact) mass is 202 g/mol. The van der Waals surface area contributed by atoms with E-state index in [0.29, 0.717) is 0 Å². The highest BCUT2D eigenvalue weighted by Crippen LogP contribution is 2.42. The lowest BCUT2D eigenvalue weighted by atomic mass is 9.90. The number of rotatable bonds is 1. The largest absolute Gasteiger partial charge is 0.298 e. The summed E-state index contributed by atoms with van der Waals surface area (Å²) >= 11 is 3.39. The normalized spacial score (nSPS) is 23.5. The molecule has 0 aromatic carbocycles. The van der Waals surface area contributed by atoms with E-state index in [4.69, 9.17) is 0 Å². The van der Waals surface area contributed by atoms with Crippen molar-refractivity contribution in [1.82, 2.24) is 0 Å². The van der Waals surface area contributed by atoms with Crippen molar-refractivity contribution in [2.24, 2.45) is 5.41 Å². The van der Waals surface area contributed by atoms with Crippen molar-refractivity contribution in [2.75, 3.05) is 0 Å². The quantitative estimate of drug-likeness (QED) is 0.598.